The molecule has 0 amide bonds. The maximum Gasteiger partial charge on any atom is 0.0705 e. The molecule has 1 heteroatoms. The van der Waals surface area contributed by atoms with E-state index in [1.807, 2.05) is 0 Å². The molecule has 0 spiro atoms. The molecule has 3 aliphatic carbocycles. The largest absolute Gasteiger partial charge is 0.256 e. The highest BCUT2D eigenvalue weighted by molar-refractivity contribution is 5.65. The summed E-state index contributed by atoms with van der Waals surface area (Å²) >= 11 is 0. The van der Waals surface area contributed by atoms with Crippen LogP contribution in [-0.2, 0) is 10.8 Å². The zero-order valence-electron chi connectivity index (χ0n) is 16.0. The lowest BCUT2D eigenvalue weighted by molar-refractivity contribution is 0.332. The summed E-state index contributed by atoms with van der Waals surface area (Å²) in [7, 11) is 0. The number of fused-ring (bicyclic) bond motifs is 6. The molecule has 0 aliphatic heterocycles. The van der Waals surface area contributed by atoms with E-state index in [0.717, 1.165) is 11.8 Å². The summed E-state index contributed by atoms with van der Waals surface area (Å²) in [5, 5.41) is 0. The third-order valence-corrected chi connectivity index (χ3v) is 7.43. The van der Waals surface area contributed by atoms with Crippen molar-refractivity contribution in [3.05, 3.63) is 52.7 Å². The maximum absolute atomic E-state index is 4.87. The SMILES string of the molecule is CC1(C)CCC(C)(C)c2cc(-c3cc4c(cn3)C3CCC4C3)ccc21. The summed E-state index contributed by atoms with van der Waals surface area (Å²) in [5.41, 5.74) is 9.23. The van der Waals surface area contributed by atoms with E-state index in [2.05, 4.69) is 58.2 Å². The van der Waals surface area contributed by atoms with E-state index in [1.165, 1.54) is 54.5 Å². The Bertz CT molecular complexity index is 858. The van der Waals surface area contributed by atoms with E-state index >= 15 is 0 Å². The molecule has 2 bridgehead atoms. The van der Waals surface area contributed by atoms with Crippen molar-refractivity contribution in [1.29, 1.82) is 0 Å². The molecule has 25 heavy (non-hydrogen) atoms. The number of benzene rings is 1. The van der Waals surface area contributed by atoms with Gasteiger partial charge < -0.3 is 0 Å². The Morgan fingerprint density at radius 2 is 1.52 bits per heavy atom. The van der Waals surface area contributed by atoms with Gasteiger partial charge in [-0.25, -0.2) is 0 Å². The third-order valence-electron chi connectivity index (χ3n) is 7.43. The minimum atomic E-state index is 0.261. The quantitative estimate of drug-likeness (QED) is 0.584. The van der Waals surface area contributed by atoms with Crippen LogP contribution in [0.3, 0.4) is 0 Å². The number of aromatic nitrogens is 1. The molecule has 3 aliphatic rings. The molecule has 2 unspecified atom stereocenters. The second-order valence-corrected chi connectivity index (χ2v) is 9.93. The van der Waals surface area contributed by atoms with Crippen LogP contribution in [0.2, 0.25) is 0 Å². The van der Waals surface area contributed by atoms with Gasteiger partial charge in [-0.05, 0) is 89.2 Å². The predicted octanol–water partition coefficient (Wildman–Crippen LogP) is 6.46. The molecule has 1 aromatic carbocycles. The van der Waals surface area contributed by atoms with Gasteiger partial charge in [-0.2, -0.15) is 0 Å². The van der Waals surface area contributed by atoms with Gasteiger partial charge in [-0.3, -0.25) is 4.98 Å². The van der Waals surface area contributed by atoms with Crippen molar-refractivity contribution in [3.63, 3.8) is 0 Å². The molecule has 0 saturated heterocycles. The molecule has 5 rings (SSSR count). The van der Waals surface area contributed by atoms with Gasteiger partial charge in [0.2, 0.25) is 0 Å². The first kappa shape index (κ1) is 15.6. The van der Waals surface area contributed by atoms with E-state index in [4.69, 9.17) is 4.98 Å². The first-order valence-corrected chi connectivity index (χ1v) is 10.0. The number of hydrogen-bond donors (Lipinski definition) is 0. The topological polar surface area (TPSA) is 12.9 Å². The van der Waals surface area contributed by atoms with Gasteiger partial charge in [0.25, 0.3) is 0 Å². The summed E-state index contributed by atoms with van der Waals surface area (Å²) in [6.45, 7) is 9.59. The average molecular weight is 332 g/mol. The van der Waals surface area contributed by atoms with Crippen LogP contribution < -0.4 is 0 Å². The van der Waals surface area contributed by atoms with Crippen molar-refractivity contribution in [2.24, 2.45) is 0 Å². The molecule has 1 saturated carbocycles. The Hall–Kier alpha value is -1.63. The summed E-state index contributed by atoms with van der Waals surface area (Å²) in [5.74, 6) is 1.60. The smallest absolute Gasteiger partial charge is 0.0705 e. The molecule has 2 aromatic rings. The number of hydrogen-bond acceptors (Lipinski definition) is 1. The van der Waals surface area contributed by atoms with Crippen molar-refractivity contribution in [3.8, 4) is 11.3 Å². The molecule has 1 fully saturated rings. The summed E-state index contributed by atoms with van der Waals surface area (Å²) in [4.78, 5) is 4.87. The van der Waals surface area contributed by atoms with E-state index < -0.39 is 0 Å². The van der Waals surface area contributed by atoms with Crippen molar-refractivity contribution in [2.45, 2.75) is 82.5 Å². The van der Waals surface area contributed by atoms with Crippen molar-refractivity contribution >= 4 is 0 Å². The zero-order valence-corrected chi connectivity index (χ0v) is 16.0. The molecule has 1 heterocycles. The van der Waals surface area contributed by atoms with Gasteiger partial charge in [0.05, 0.1) is 5.69 Å². The van der Waals surface area contributed by atoms with E-state index in [-0.39, 0.29) is 10.8 Å². The van der Waals surface area contributed by atoms with E-state index in [1.54, 1.807) is 11.1 Å². The molecular weight excluding hydrogens is 302 g/mol. The molecule has 1 aromatic heterocycles. The Kier molecular flexibility index (Phi) is 3.10. The Balaban J connectivity index is 1.62. The third kappa shape index (κ3) is 2.24. The van der Waals surface area contributed by atoms with Gasteiger partial charge in [-0.15, -0.1) is 0 Å². The van der Waals surface area contributed by atoms with Gasteiger partial charge in [-0.1, -0.05) is 39.8 Å². The summed E-state index contributed by atoms with van der Waals surface area (Å²) in [6.07, 6.45) is 8.84. The number of nitrogens with zero attached hydrogens (tertiary/aromatic N) is 1. The van der Waals surface area contributed by atoms with Crippen LogP contribution in [0.25, 0.3) is 11.3 Å². The fourth-order valence-corrected chi connectivity index (χ4v) is 5.63. The monoisotopic (exact) mass is 331 g/mol. The molecule has 0 N–H and O–H groups in total. The van der Waals surface area contributed by atoms with Gasteiger partial charge in [0, 0.05) is 11.8 Å². The standard InChI is InChI=1S/C24H29N/c1-23(2)9-10-24(3,4)21-12-17(7-8-20(21)23)22-13-18-15-5-6-16(11-15)19(18)14-25-22/h7-8,12-16H,5-6,9-11H2,1-4H3. The highest BCUT2D eigenvalue weighted by atomic mass is 14.7. The summed E-state index contributed by atoms with van der Waals surface area (Å²) in [6, 6.07) is 9.54. The molecular formula is C24H29N. The lowest BCUT2D eigenvalue weighted by atomic mass is 9.63. The normalized spacial score (nSPS) is 27.8. The van der Waals surface area contributed by atoms with E-state index in [9.17, 15) is 0 Å². The van der Waals surface area contributed by atoms with Crippen LogP contribution >= 0.6 is 0 Å². The second-order valence-electron chi connectivity index (χ2n) is 9.93. The van der Waals surface area contributed by atoms with Gasteiger partial charge >= 0.3 is 0 Å². The summed E-state index contributed by atoms with van der Waals surface area (Å²) < 4.78 is 0. The Morgan fingerprint density at radius 3 is 2.28 bits per heavy atom. The van der Waals surface area contributed by atoms with Crippen LogP contribution in [0.4, 0.5) is 0 Å². The second kappa shape index (κ2) is 4.96. The zero-order chi connectivity index (χ0) is 17.4. The van der Waals surface area contributed by atoms with Crippen LogP contribution in [-0.4, -0.2) is 4.98 Å². The van der Waals surface area contributed by atoms with Crippen molar-refractivity contribution < 1.29 is 0 Å². The molecule has 0 radical (unpaired) electrons. The van der Waals surface area contributed by atoms with Crippen molar-refractivity contribution in [1.82, 2.24) is 4.98 Å². The number of rotatable bonds is 1. The Labute approximate surface area is 151 Å². The van der Waals surface area contributed by atoms with Crippen LogP contribution in [0.15, 0.2) is 30.5 Å². The minimum absolute atomic E-state index is 0.261. The van der Waals surface area contributed by atoms with Gasteiger partial charge in [0.15, 0.2) is 0 Å². The van der Waals surface area contributed by atoms with Crippen LogP contribution in [0.5, 0.6) is 0 Å². The lowest BCUT2D eigenvalue weighted by Crippen LogP contribution is -2.33. The lowest BCUT2D eigenvalue weighted by Gasteiger charge is -2.42. The highest BCUT2D eigenvalue weighted by Crippen LogP contribution is 2.53. The van der Waals surface area contributed by atoms with E-state index in [0.29, 0.717) is 0 Å². The van der Waals surface area contributed by atoms with Crippen LogP contribution in [0.1, 0.15) is 93.9 Å². The van der Waals surface area contributed by atoms with Crippen molar-refractivity contribution in [2.75, 3.05) is 0 Å². The fourth-order valence-electron chi connectivity index (χ4n) is 5.63. The maximum atomic E-state index is 4.87. The Morgan fingerprint density at radius 1 is 0.840 bits per heavy atom. The molecule has 1 nitrogen and oxygen atoms in total. The average Bonchev–Trinajstić information content (AvgIpc) is 3.21. The number of pyridine rings is 1. The molecule has 130 valence electrons. The minimum Gasteiger partial charge on any atom is -0.256 e. The van der Waals surface area contributed by atoms with Crippen LogP contribution in [0, 0.1) is 0 Å². The highest BCUT2D eigenvalue weighted by Gasteiger charge is 2.38. The molecule has 2 atom stereocenters. The first-order chi connectivity index (χ1) is 11.9. The van der Waals surface area contributed by atoms with Gasteiger partial charge in [0.1, 0.15) is 0 Å². The predicted molar refractivity (Wildman–Crippen MR) is 104 cm³/mol. The fraction of sp³-hybridized carbons (Fsp3) is 0.542. The first-order valence-electron chi connectivity index (χ1n) is 10.0.